The van der Waals surface area contributed by atoms with E-state index in [9.17, 15) is 0 Å². The molecule has 0 aliphatic carbocycles. The van der Waals surface area contributed by atoms with Gasteiger partial charge >= 0.3 is 0 Å². The van der Waals surface area contributed by atoms with Crippen molar-refractivity contribution >= 4 is 11.6 Å². The first kappa shape index (κ1) is 9.85. The van der Waals surface area contributed by atoms with Crippen LogP contribution in [0.1, 0.15) is 25.1 Å². The summed E-state index contributed by atoms with van der Waals surface area (Å²) in [5.74, 6) is 0.487. The molecule has 1 rings (SSSR count). The van der Waals surface area contributed by atoms with Crippen molar-refractivity contribution in [3.05, 3.63) is 36.7 Å². The Labute approximate surface area is 80.4 Å². The molecule has 0 N–H and O–H groups in total. The van der Waals surface area contributed by atoms with Crippen LogP contribution in [-0.4, -0.2) is 4.57 Å². The highest BCUT2D eigenvalue weighted by molar-refractivity contribution is 5.72. The molecule has 0 bridgehead atoms. The van der Waals surface area contributed by atoms with Gasteiger partial charge in [-0.25, -0.2) is 0 Å². The van der Waals surface area contributed by atoms with E-state index in [1.807, 2.05) is 19.3 Å². The lowest BCUT2D eigenvalue weighted by atomic mass is 9.97. The molecule has 0 radical (unpaired) electrons. The predicted molar refractivity (Wildman–Crippen MR) is 59.4 cm³/mol. The van der Waals surface area contributed by atoms with Crippen LogP contribution in [0, 0.1) is 5.92 Å². The summed E-state index contributed by atoms with van der Waals surface area (Å²) in [4.78, 5) is 0. The molecule has 1 nitrogen and oxygen atoms in total. The lowest BCUT2D eigenvalue weighted by Gasteiger charge is -2.09. The molecule has 0 saturated carbocycles. The maximum atomic E-state index is 4.09. The summed E-state index contributed by atoms with van der Waals surface area (Å²) >= 11 is 0. The number of aryl methyl sites for hydroxylation is 1. The molecule has 1 heteroatoms. The zero-order valence-corrected chi connectivity index (χ0v) is 8.67. The molecule has 0 fully saturated rings. The first-order valence-electron chi connectivity index (χ1n) is 4.54. The van der Waals surface area contributed by atoms with Crippen LogP contribution in [-0.2, 0) is 7.05 Å². The quantitative estimate of drug-likeness (QED) is 0.664. The van der Waals surface area contributed by atoms with Crippen LogP contribution in [0.15, 0.2) is 25.4 Å². The van der Waals surface area contributed by atoms with Crippen molar-refractivity contribution in [3.8, 4) is 0 Å². The van der Waals surface area contributed by atoms with Crippen LogP contribution in [0.3, 0.4) is 0 Å². The Morgan fingerprint density at radius 2 is 2.15 bits per heavy atom. The van der Waals surface area contributed by atoms with Gasteiger partial charge in [-0.1, -0.05) is 27.0 Å². The Morgan fingerprint density at radius 3 is 2.62 bits per heavy atom. The number of allylic oxidation sites excluding steroid dienone is 1. The molecular weight excluding hydrogens is 158 g/mol. The fourth-order valence-electron chi connectivity index (χ4n) is 1.38. The van der Waals surface area contributed by atoms with E-state index in [-0.39, 0.29) is 0 Å². The molecule has 1 aromatic heterocycles. The van der Waals surface area contributed by atoms with Gasteiger partial charge in [0.1, 0.15) is 0 Å². The molecule has 1 aromatic rings. The van der Waals surface area contributed by atoms with Gasteiger partial charge in [-0.15, -0.1) is 0 Å². The maximum absolute atomic E-state index is 4.09. The average molecular weight is 175 g/mol. The van der Waals surface area contributed by atoms with Crippen LogP contribution in [0.4, 0.5) is 0 Å². The highest BCUT2D eigenvalue weighted by atomic mass is 14.9. The third-order valence-electron chi connectivity index (χ3n) is 2.36. The Morgan fingerprint density at radius 1 is 1.54 bits per heavy atom. The molecule has 0 unspecified atom stereocenters. The van der Waals surface area contributed by atoms with E-state index in [0.29, 0.717) is 5.92 Å². The molecule has 0 aliphatic heterocycles. The van der Waals surface area contributed by atoms with Gasteiger partial charge in [0.2, 0.25) is 0 Å². The number of aromatic nitrogens is 1. The summed E-state index contributed by atoms with van der Waals surface area (Å²) in [6.07, 6.45) is 3.92. The minimum absolute atomic E-state index is 0.487. The zero-order chi connectivity index (χ0) is 10.0. The largest absolute Gasteiger partial charge is 0.351 e. The van der Waals surface area contributed by atoms with Crippen molar-refractivity contribution in [2.75, 3.05) is 0 Å². The van der Waals surface area contributed by atoms with Gasteiger partial charge < -0.3 is 4.57 Å². The Bertz CT molecular complexity index is 329. The predicted octanol–water partition coefficient (Wildman–Crippen LogP) is 3.34. The highest BCUT2D eigenvalue weighted by Crippen LogP contribution is 2.25. The number of hydrogen-bond donors (Lipinski definition) is 0. The molecule has 70 valence electrons. The van der Waals surface area contributed by atoms with E-state index < -0.39 is 0 Å². The van der Waals surface area contributed by atoms with Crippen LogP contribution >= 0.6 is 0 Å². The van der Waals surface area contributed by atoms with Crippen molar-refractivity contribution in [3.63, 3.8) is 0 Å². The van der Waals surface area contributed by atoms with Crippen molar-refractivity contribution < 1.29 is 0 Å². The van der Waals surface area contributed by atoms with Crippen LogP contribution in [0.2, 0.25) is 0 Å². The van der Waals surface area contributed by atoms with E-state index in [2.05, 4.69) is 37.6 Å². The van der Waals surface area contributed by atoms with Gasteiger partial charge in [0.15, 0.2) is 0 Å². The molecule has 0 aromatic carbocycles. The fourth-order valence-corrected chi connectivity index (χ4v) is 1.38. The number of nitrogens with zero attached hydrogens (tertiary/aromatic N) is 1. The van der Waals surface area contributed by atoms with Gasteiger partial charge in [-0.2, -0.15) is 0 Å². The van der Waals surface area contributed by atoms with Crippen molar-refractivity contribution in [1.29, 1.82) is 0 Å². The van der Waals surface area contributed by atoms with Crippen LogP contribution in [0.25, 0.3) is 11.6 Å². The van der Waals surface area contributed by atoms with Gasteiger partial charge in [0.25, 0.3) is 0 Å². The highest BCUT2D eigenvalue weighted by Gasteiger charge is 2.09. The van der Waals surface area contributed by atoms with Crippen molar-refractivity contribution in [2.24, 2.45) is 13.0 Å². The smallest absolute Gasteiger partial charge is 0.0474 e. The second kappa shape index (κ2) is 3.65. The summed E-state index contributed by atoms with van der Waals surface area (Å²) in [5.41, 5.74) is 3.54. The summed E-state index contributed by atoms with van der Waals surface area (Å²) in [6, 6.07) is 2.10. The Kier molecular flexibility index (Phi) is 2.76. The van der Waals surface area contributed by atoms with Gasteiger partial charge in [0, 0.05) is 24.5 Å². The third kappa shape index (κ3) is 1.74. The summed E-state index contributed by atoms with van der Waals surface area (Å²) in [7, 11) is 2.02. The first-order chi connectivity index (χ1) is 6.07. The Hall–Kier alpha value is -1.24. The molecule has 1 heterocycles. The minimum atomic E-state index is 0.487. The van der Waals surface area contributed by atoms with Crippen molar-refractivity contribution in [2.45, 2.75) is 13.8 Å². The molecule has 0 saturated heterocycles. The van der Waals surface area contributed by atoms with Crippen molar-refractivity contribution in [1.82, 2.24) is 4.57 Å². The molecule has 0 spiro atoms. The number of rotatable bonds is 3. The lowest BCUT2D eigenvalue weighted by Crippen LogP contribution is -1.95. The average Bonchev–Trinajstić information content (AvgIpc) is 2.45. The Balaban J connectivity index is 3.14. The van der Waals surface area contributed by atoms with Gasteiger partial charge in [-0.05, 0) is 23.6 Å². The first-order valence-corrected chi connectivity index (χ1v) is 4.54. The van der Waals surface area contributed by atoms with E-state index in [4.69, 9.17) is 0 Å². The number of hydrogen-bond acceptors (Lipinski definition) is 0. The lowest BCUT2D eigenvalue weighted by molar-refractivity contribution is 0.853. The molecular formula is C12H17N. The molecule has 13 heavy (non-hydrogen) atoms. The summed E-state index contributed by atoms with van der Waals surface area (Å²) in [6.45, 7) is 12.2. The van der Waals surface area contributed by atoms with E-state index in [0.717, 1.165) is 5.69 Å². The maximum Gasteiger partial charge on any atom is 0.0474 e. The topological polar surface area (TPSA) is 4.93 Å². The van der Waals surface area contributed by atoms with E-state index in [1.54, 1.807) is 0 Å². The summed E-state index contributed by atoms with van der Waals surface area (Å²) < 4.78 is 2.07. The molecule has 0 aliphatic rings. The van der Waals surface area contributed by atoms with Gasteiger partial charge in [0.05, 0.1) is 0 Å². The third-order valence-corrected chi connectivity index (χ3v) is 2.36. The normalized spacial score (nSPS) is 10.5. The summed E-state index contributed by atoms with van der Waals surface area (Å²) in [5, 5.41) is 0. The van der Waals surface area contributed by atoms with Crippen LogP contribution in [0.5, 0.6) is 0 Å². The standard InChI is InChI=1S/C12H17N/c1-6-12-11(7-8-13(12)5)10(4)9(2)3/h6-9H,1,4H2,2-3,5H3. The fraction of sp³-hybridized carbons (Fsp3) is 0.333. The van der Waals surface area contributed by atoms with E-state index >= 15 is 0 Å². The minimum Gasteiger partial charge on any atom is -0.351 e. The van der Waals surface area contributed by atoms with E-state index in [1.165, 1.54) is 11.1 Å². The second-order valence-corrected chi connectivity index (χ2v) is 3.61. The second-order valence-electron chi connectivity index (χ2n) is 3.61. The van der Waals surface area contributed by atoms with Crippen LogP contribution < -0.4 is 0 Å². The van der Waals surface area contributed by atoms with Gasteiger partial charge in [-0.3, -0.25) is 0 Å². The molecule has 0 atom stereocenters. The monoisotopic (exact) mass is 175 g/mol. The zero-order valence-electron chi connectivity index (χ0n) is 8.67. The SMILES string of the molecule is C=Cc1c(C(=C)C(C)C)ccn1C. The molecule has 0 amide bonds.